The van der Waals surface area contributed by atoms with Gasteiger partial charge in [0.25, 0.3) is 0 Å². The Kier molecular flexibility index (Phi) is 22.9. The first-order valence-electron chi connectivity index (χ1n) is 16.3. The molecular weight excluding hydrogens is 424 g/mol. The van der Waals surface area contributed by atoms with Crippen LogP contribution >= 0.6 is 0 Å². The van der Waals surface area contributed by atoms with Crippen LogP contribution in [0.25, 0.3) is 0 Å². The summed E-state index contributed by atoms with van der Waals surface area (Å²) in [6.45, 7) is 8.19. The van der Waals surface area contributed by atoms with Gasteiger partial charge in [-0.15, -0.1) is 0 Å². The third-order valence-corrected chi connectivity index (χ3v) is 7.97. The minimum atomic E-state index is 0.640. The number of imidazole rings is 1. The van der Waals surface area contributed by atoms with E-state index < -0.39 is 0 Å². The van der Waals surface area contributed by atoms with Crippen molar-refractivity contribution in [1.29, 1.82) is 0 Å². The molecule has 0 aliphatic carbocycles. The van der Waals surface area contributed by atoms with Crippen LogP contribution in [0.4, 0.5) is 0 Å². The first-order valence-corrected chi connectivity index (χ1v) is 16.3. The van der Waals surface area contributed by atoms with Gasteiger partial charge in [0.05, 0.1) is 12.6 Å². The highest BCUT2D eigenvalue weighted by Crippen LogP contribution is 2.15. The molecule has 0 spiro atoms. The van der Waals surface area contributed by atoms with Gasteiger partial charge in [-0.25, -0.2) is 9.13 Å². The fourth-order valence-electron chi connectivity index (χ4n) is 5.37. The minimum absolute atomic E-state index is 0.640. The van der Waals surface area contributed by atoms with E-state index in [1.54, 1.807) is 0 Å². The summed E-state index contributed by atoms with van der Waals surface area (Å²) in [7, 11) is 0. The number of aryl methyl sites for hydroxylation is 1. The molecule has 0 aromatic carbocycles. The lowest BCUT2D eigenvalue weighted by molar-refractivity contribution is -0.720. The van der Waals surface area contributed by atoms with E-state index >= 15 is 0 Å². The van der Waals surface area contributed by atoms with Crippen molar-refractivity contribution in [3.8, 4) is 0 Å². The molecule has 1 aromatic rings. The predicted molar refractivity (Wildman–Crippen MR) is 156 cm³/mol. The SMILES string of the molecule is CCCCCCCCCCCCCCCCn1cc[n+](C(C)CCCCCCCCCCCC)c1. The number of hydrogen-bond donors (Lipinski definition) is 0. The van der Waals surface area contributed by atoms with Crippen LogP contribution in [-0.4, -0.2) is 4.57 Å². The number of rotatable bonds is 27. The van der Waals surface area contributed by atoms with E-state index in [2.05, 4.69) is 48.6 Å². The Labute approximate surface area is 221 Å². The van der Waals surface area contributed by atoms with Gasteiger partial charge in [0.15, 0.2) is 0 Å². The second-order valence-electron chi connectivity index (χ2n) is 11.5. The number of hydrogen-bond acceptors (Lipinski definition) is 0. The van der Waals surface area contributed by atoms with Gasteiger partial charge in [-0.05, 0) is 32.6 Å². The molecule has 0 saturated carbocycles. The highest BCUT2D eigenvalue weighted by Gasteiger charge is 2.11. The first kappa shape index (κ1) is 32.2. The quantitative estimate of drug-likeness (QED) is 0.0858. The summed E-state index contributed by atoms with van der Waals surface area (Å²) in [5.74, 6) is 0. The Morgan fingerprint density at radius 3 is 1.31 bits per heavy atom. The second-order valence-corrected chi connectivity index (χ2v) is 11.5. The molecule has 1 atom stereocenters. The van der Waals surface area contributed by atoms with Crippen molar-refractivity contribution in [3.05, 3.63) is 18.7 Å². The van der Waals surface area contributed by atoms with Crippen LogP contribution in [0.3, 0.4) is 0 Å². The van der Waals surface area contributed by atoms with Gasteiger partial charge in [0.2, 0.25) is 6.33 Å². The van der Waals surface area contributed by atoms with Crippen LogP contribution in [0, 0.1) is 0 Å². The normalized spacial score (nSPS) is 12.4. The van der Waals surface area contributed by atoms with Gasteiger partial charge in [-0.2, -0.15) is 0 Å². The Balaban J connectivity index is 1.90. The number of nitrogens with zero attached hydrogens (tertiary/aromatic N) is 2. The highest BCUT2D eigenvalue weighted by molar-refractivity contribution is 4.67. The molecule has 0 aliphatic heterocycles. The molecule has 2 nitrogen and oxygen atoms in total. The summed E-state index contributed by atoms with van der Waals surface area (Å²) in [5, 5.41) is 0. The van der Waals surface area contributed by atoms with E-state index in [0.717, 1.165) is 0 Å². The molecule has 0 bridgehead atoms. The number of unbranched alkanes of at least 4 members (excludes halogenated alkanes) is 22. The van der Waals surface area contributed by atoms with Gasteiger partial charge < -0.3 is 0 Å². The zero-order chi connectivity index (χ0) is 25.2. The summed E-state index contributed by atoms with van der Waals surface area (Å²) < 4.78 is 4.85. The van der Waals surface area contributed by atoms with Crippen molar-refractivity contribution >= 4 is 0 Å². The largest absolute Gasteiger partial charge is 0.243 e. The lowest BCUT2D eigenvalue weighted by Gasteiger charge is -2.08. The van der Waals surface area contributed by atoms with Crippen molar-refractivity contribution in [2.75, 3.05) is 0 Å². The van der Waals surface area contributed by atoms with Crippen molar-refractivity contribution < 1.29 is 4.57 Å². The van der Waals surface area contributed by atoms with Crippen molar-refractivity contribution in [2.24, 2.45) is 0 Å². The maximum absolute atomic E-state index is 2.44. The van der Waals surface area contributed by atoms with E-state index in [1.165, 1.54) is 167 Å². The maximum Gasteiger partial charge on any atom is 0.243 e. The average molecular weight is 490 g/mol. The monoisotopic (exact) mass is 490 g/mol. The third-order valence-electron chi connectivity index (χ3n) is 7.97. The van der Waals surface area contributed by atoms with Crippen molar-refractivity contribution in [2.45, 2.75) is 194 Å². The Morgan fingerprint density at radius 2 is 0.886 bits per heavy atom. The number of aromatic nitrogens is 2. The summed E-state index contributed by atoms with van der Waals surface area (Å²) >= 11 is 0. The van der Waals surface area contributed by atoms with E-state index in [4.69, 9.17) is 0 Å². The summed E-state index contributed by atoms with van der Waals surface area (Å²) in [6.07, 6.45) is 42.7. The molecule has 2 heteroatoms. The van der Waals surface area contributed by atoms with Gasteiger partial charge in [-0.3, -0.25) is 0 Å². The van der Waals surface area contributed by atoms with E-state index in [-0.39, 0.29) is 0 Å². The lowest BCUT2D eigenvalue weighted by atomic mass is 10.0. The van der Waals surface area contributed by atoms with Crippen LogP contribution in [0.1, 0.15) is 187 Å². The van der Waals surface area contributed by atoms with Crippen LogP contribution in [0.2, 0.25) is 0 Å². The maximum atomic E-state index is 2.44. The van der Waals surface area contributed by atoms with Gasteiger partial charge in [0.1, 0.15) is 12.4 Å². The Bertz CT molecular complexity index is 535. The smallest absolute Gasteiger partial charge is 0.237 e. The predicted octanol–water partition coefficient (Wildman–Crippen LogP) is 11.1. The van der Waals surface area contributed by atoms with Crippen molar-refractivity contribution in [3.63, 3.8) is 0 Å². The Morgan fingerprint density at radius 1 is 0.514 bits per heavy atom. The van der Waals surface area contributed by atoms with Crippen LogP contribution in [0.15, 0.2) is 18.7 Å². The topological polar surface area (TPSA) is 8.81 Å². The summed E-state index contributed by atoms with van der Waals surface area (Å²) in [4.78, 5) is 0. The molecule has 206 valence electrons. The van der Waals surface area contributed by atoms with E-state index in [1.807, 2.05) is 0 Å². The van der Waals surface area contributed by atoms with E-state index in [9.17, 15) is 0 Å². The minimum Gasteiger partial charge on any atom is -0.237 e. The standard InChI is InChI=1S/C33H65N2/c1-4-6-8-10-12-14-16-17-18-19-21-23-25-27-29-34-30-31-35(32-34)33(3)28-26-24-22-20-15-13-11-9-7-5-2/h30-33H,4-29H2,1-3H3/q+1. The van der Waals surface area contributed by atoms with Gasteiger partial charge in [0, 0.05) is 0 Å². The zero-order valence-corrected chi connectivity index (χ0v) is 24.6. The average Bonchev–Trinajstić information content (AvgIpc) is 3.34. The highest BCUT2D eigenvalue weighted by atomic mass is 15.1. The van der Waals surface area contributed by atoms with Crippen LogP contribution in [0.5, 0.6) is 0 Å². The molecule has 0 fully saturated rings. The summed E-state index contributed by atoms with van der Waals surface area (Å²) in [6, 6.07) is 0.640. The molecule has 1 unspecified atom stereocenters. The van der Waals surface area contributed by atoms with Crippen LogP contribution in [-0.2, 0) is 6.54 Å². The zero-order valence-electron chi connectivity index (χ0n) is 24.6. The molecule has 1 aromatic heterocycles. The van der Waals surface area contributed by atoms with E-state index in [0.29, 0.717) is 6.04 Å². The summed E-state index contributed by atoms with van der Waals surface area (Å²) in [5.41, 5.74) is 0. The van der Waals surface area contributed by atoms with Gasteiger partial charge >= 0.3 is 0 Å². The Hall–Kier alpha value is -0.790. The molecule has 0 aliphatic rings. The fourth-order valence-corrected chi connectivity index (χ4v) is 5.37. The van der Waals surface area contributed by atoms with Gasteiger partial charge in [-0.1, -0.05) is 149 Å². The molecular formula is C33H65N2+. The third kappa shape index (κ3) is 20.0. The molecule has 35 heavy (non-hydrogen) atoms. The molecule has 0 amide bonds. The fraction of sp³-hybridized carbons (Fsp3) is 0.909. The second kappa shape index (κ2) is 24.9. The molecule has 0 N–H and O–H groups in total. The first-order chi connectivity index (χ1) is 17.3. The van der Waals surface area contributed by atoms with Crippen LogP contribution < -0.4 is 4.57 Å². The molecule has 0 saturated heterocycles. The molecule has 1 heterocycles. The molecule has 0 radical (unpaired) electrons. The lowest BCUT2D eigenvalue weighted by Crippen LogP contribution is -2.35. The van der Waals surface area contributed by atoms with Crippen molar-refractivity contribution in [1.82, 2.24) is 4.57 Å². The molecule has 1 rings (SSSR count).